The van der Waals surface area contributed by atoms with Crippen LogP contribution >= 0.6 is 0 Å². The highest BCUT2D eigenvalue weighted by atomic mass is 16.7. The monoisotopic (exact) mass is 370 g/mol. The number of carbonyl (C=O) groups is 2. The van der Waals surface area contributed by atoms with Crippen LogP contribution in [0.3, 0.4) is 0 Å². The standard InChI is InChI=1S/C19H14O8/c20-11-5-16-15(26-8-27-16)4-10(11)17(18-12(21)6-23-19(18)22)9-1-2-13-14(3-9)25-7-24-13/h1-5,17-18,20H,6-8H2/t17-,18+/m0/s1. The van der Waals surface area contributed by atoms with E-state index in [9.17, 15) is 14.7 Å². The van der Waals surface area contributed by atoms with Gasteiger partial charge in [0.25, 0.3) is 0 Å². The summed E-state index contributed by atoms with van der Waals surface area (Å²) in [6, 6.07) is 8.16. The summed E-state index contributed by atoms with van der Waals surface area (Å²) < 4.78 is 26.3. The fourth-order valence-electron chi connectivity index (χ4n) is 3.63. The minimum absolute atomic E-state index is 0.0390. The Hall–Kier alpha value is -3.42. The smallest absolute Gasteiger partial charge is 0.318 e. The average Bonchev–Trinajstić information content (AvgIpc) is 3.37. The van der Waals surface area contributed by atoms with Crippen LogP contribution in [-0.4, -0.2) is 37.1 Å². The first-order valence-electron chi connectivity index (χ1n) is 8.33. The maximum atomic E-state index is 12.4. The van der Waals surface area contributed by atoms with Gasteiger partial charge in [0.2, 0.25) is 13.6 Å². The van der Waals surface area contributed by atoms with E-state index in [4.69, 9.17) is 23.7 Å². The van der Waals surface area contributed by atoms with Crippen LogP contribution in [0.15, 0.2) is 30.3 Å². The summed E-state index contributed by atoms with van der Waals surface area (Å²) in [4.78, 5) is 24.7. The van der Waals surface area contributed by atoms with Gasteiger partial charge in [-0.15, -0.1) is 0 Å². The van der Waals surface area contributed by atoms with Gasteiger partial charge < -0.3 is 28.8 Å². The Kier molecular flexibility index (Phi) is 3.40. The Bertz CT molecular complexity index is 950. The summed E-state index contributed by atoms with van der Waals surface area (Å²) >= 11 is 0. The SMILES string of the molecule is O=C1COC(=O)[C@H]1[C@@H](c1ccc2c(c1)OCO2)c1cc2c(cc1O)OCO2. The van der Waals surface area contributed by atoms with Gasteiger partial charge in [-0.2, -0.15) is 0 Å². The zero-order chi connectivity index (χ0) is 18.5. The van der Waals surface area contributed by atoms with Crippen LogP contribution in [0.2, 0.25) is 0 Å². The Morgan fingerprint density at radius 2 is 1.52 bits per heavy atom. The van der Waals surface area contributed by atoms with Crippen molar-refractivity contribution in [2.24, 2.45) is 5.92 Å². The molecule has 0 bridgehead atoms. The molecule has 0 aromatic heterocycles. The van der Waals surface area contributed by atoms with Crippen LogP contribution < -0.4 is 18.9 Å². The number of hydrogen-bond acceptors (Lipinski definition) is 8. The van der Waals surface area contributed by atoms with E-state index in [1.807, 2.05) is 0 Å². The maximum Gasteiger partial charge on any atom is 0.318 e. The normalized spacial score (nSPS) is 20.7. The predicted octanol–water partition coefficient (Wildman–Crippen LogP) is 1.72. The van der Waals surface area contributed by atoms with E-state index in [0.717, 1.165) is 0 Å². The van der Waals surface area contributed by atoms with Crippen molar-refractivity contribution in [1.82, 2.24) is 0 Å². The van der Waals surface area contributed by atoms with Gasteiger partial charge in [0.15, 0.2) is 35.4 Å². The number of Topliss-reactive ketones (excluding diaryl/α,β-unsaturated/α-hetero) is 1. The lowest BCUT2D eigenvalue weighted by molar-refractivity contribution is -0.141. The third-order valence-electron chi connectivity index (χ3n) is 4.90. The van der Waals surface area contributed by atoms with Crippen LogP contribution in [0.1, 0.15) is 17.0 Å². The third-order valence-corrected chi connectivity index (χ3v) is 4.90. The first kappa shape index (κ1) is 15.8. The molecule has 0 amide bonds. The number of ether oxygens (including phenoxy) is 5. The van der Waals surface area contributed by atoms with E-state index in [1.54, 1.807) is 24.3 Å². The molecule has 138 valence electrons. The fourth-order valence-corrected chi connectivity index (χ4v) is 3.63. The number of phenols is 1. The van der Waals surface area contributed by atoms with Gasteiger partial charge in [-0.05, 0) is 23.8 Å². The molecule has 2 atom stereocenters. The van der Waals surface area contributed by atoms with Crippen molar-refractivity contribution in [2.45, 2.75) is 5.92 Å². The van der Waals surface area contributed by atoms with Crippen molar-refractivity contribution in [3.8, 4) is 28.7 Å². The van der Waals surface area contributed by atoms with E-state index in [0.29, 0.717) is 34.1 Å². The summed E-state index contributed by atoms with van der Waals surface area (Å²) in [5, 5.41) is 10.6. The second-order valence-corrected chi connectivity index (χ2v) is 6.41. The lowest BCUT2D eigenvalue weighted by Gasteiger charge is -2.22. The van der Waals surface area contributed by atoms with Crippen LogP contribution in [-0.2, 0) is 14.3 Å². The maximum absolute atomic E-state index is 12.4. The van der Waals surface area contributed by atoms with Gasteiger partial charge in [-0.1, -0.05) is 6.07 Å². The predicted molar refractivity (Wildman–Crippen MR) is 88.1 cm³/mol. The molecule has 1 fully saturated rings. The molecular formula is C19H14O8. The summed E-state index contributed by atoms with van der Waals surface area (Å²) in [7, 11) is 0. The largest absolute Gasteiger partial charge is 0.508 e. The van der Waals surface area contributed by atoms with Crippen LogP contribution in [0.25, 0.3) is 0 Å². The van der Waals surface area contributed by atoms with Crippen molar-refractivity contribution in [1.29, 1.82) is 0 Å². The average molecular weight is 370 g/mol. The molecule has 0 spiro atoms. The Morgan fingerprint density at radius 1 is 0.852 bits per heavy atom. The molecule has 3 aliphatic heterocycles. The molecule has 5 rings (SSSR count). The summed E-state index contributed by atoms with van der Waals surface area (Å²) in [6.45, 7) is -0.143. The molecule has 0 radical (unpaired) electrons. The van der Waals surface area contributed by atoms with Crippen molar-refractivity contribution < 1.29 is 38.4 Å². The molecule has 0 aliphatic carbocycles. The zero-order valence-corrected chi connectivity index (χ0v) is 14.0. The number of aromatic hydroxyl groups is 1. The quantitative estimate of drug-likeness (QED) is 0.644. The van der Waals surface area contributed by atoms with Crippen LogP contribution in [0.5, 0.6) is 28.7 Å². The first-order chi connectivity index (χ1) is 13.1. The third kappa shape index (κ3) is 2.44. The number of esters is 1. The van der Waals surface area contributed by atoms with Gasteiger partial charge >= 0.3 is 5.97 Å². The zero-order valence-electron chi connectivity index (χ0n) is 14.0. The highest BCUT2D eigenvalue weighted by Crippen LogP contribution is 2.47. The lowest BCUT2D eigenvalue weighted by Crippen LogP contribution is -2.25. The Balaban J connectivity index is 1.67. The molecule has 2 aromatic rings. The molecule has 3 aliphatic rings. The first-order valence-corrected chi connectivity index (χ1v) is 8.33. The second-order valence-electron chi connectivity index (χ2n) is 6.41. The molecule has 8 heteroatoms. The van der Waals surface area contributed by atoms with E-state index in [2.05, 4.69) is 0 Å². The Labute approximate surface area is 153 Å². The van der Waals surface area contributed by atoms with E-state index in [-0.39, 0.29) is 31.7 Å². The van der Waals surface area contributed by atoms with Gasteiger partial charge in [0.05, 0.1) is 0 Å². The highest BCUT2D eigenvalue weighted by Gasteiger charge is 2.44. The number of cyclic esters (lactones) is 1. The molecule has 0 unspecified atom stereocenters. The molecule has 27 heavy (non-hydrogen) atoms. The molecular weight excluding hydrogens is 356 g/mol. The summed E-state index contributed by atoms with van der Waals surface area (Å²) in [6.07, 6.45) is 0. The number of phenolic OH excluding ortho intramolecular Hbond substituents is 1. The van der Waals surface area contributed by atoms with Crippen LogP contribution in [0.4, 0.5) is 0 Å². The summed E-state index contributed by atoms with van der Waals surface area (Å²) in [5.41, 5.74) is 0.987. The molecule has 2 aromatic carbocycles. The minimum Gasteiger partial charge on any atom is -0.508 e. The van der Waals surface area contributed by atoms with Gasteiger partial charge in [-0.3, -0.25) is 9.59 Å². The van der Waals surface area contributed by atoms with Gasteiger partial charge in [0.1, 0.15) is 11.7 Å². The number of carbonyl (C=O) groups excluding carboxylic acids is 2. The molecule has 1 N–H and O–H groups in total. The number of hydrogen-bond donors (Lipinski definition) is 1. The Morgan fingerprint density at radius 3 is 2.22 bits per heavy atom. The number of fused-ring (bicyclic) bond motifs is 2. The second kappa shape index (κ2) is 5.80. The molecule has 8 nitrogen and oxygen atoms in total. The van der Waals surface area contributed by atoms with Crippen molar-refractivity contribution >= 4 is 11.8 Å². The van der Waals surface area contributed by atoms with E-state index >= 15 is 0 Å². The fraction of sp³-hybridized carbons (Fsp3) is 0.263. The highest BCUT2D eigenvalue weighted by molar-refractivity contribution is 6.06. The van der Waals surface area contributed by atoms with E-state index < -0.39 is 17.8 Å². The minimum atomic E-state index is -1.07. The lowest BCUT2D eigenvalue weighted by atomic mass is 9.78. The number of rotatable bonds is 3. The molecule has 3 heterocycles. The van der Waals surface area contributed by atoms with Crippen molar-refractivity contribution in [3.63, 3.8) is 0 Å². The van der Waals surface area contributed by atoms with Gasteiger partial charge in [0, 0.05) is 17.5 Å². The van der Waals surface area contributed by atoms with Crippen molar-refractivity contribution in [2.75, 3.05) is 20.2 Å². The number of benzene rings is 2. The van der Waals surface area contributed by atoms with Crippen molar-refractivity contribution in [3.05, 3.63) is 41.5 Å². The van der Waals surface area contributed by atoms with E-state index in [1.165, 1.54) is 6.07 Å². The topological polar surface area (TPSA) is 101 Å². The van der Waals surface area contributed by atoms with Gasteiger partial charge in [-0.25, -0.2) is 0 Å². The number of ketones is 1. The summed E-state index contributed by atoms with van der Waals surface area (Å²) in [5.74, 6) is -0.986. The van der Waals surface area contributed by atoms with Crippen LogP contribution in [0, 0.1) is 5.92 Å². The molecule has 0 saturated carbocycles. The molecule has 1 saturated heterocycles.